The van der Waals surface area contributed by atoms with Crippen molar-refractivity contribution in [2.24, 2.45) is 58.3 Å². The second kappa shape index (κ2) is 25.8. The van der Waals surface area contributed by atoms with Crippen LogP contribution in [0, 0.1) is 58.7 Å². The van der Waals surface area contributed by atoms with Crippen molar-refractivity contribution in [3.8, 4) is 29.1 Å². The van der Waals surface area contributed by atoms with Crippen LogP contribution in [0.15, 0.2) is 109 Å². The van der Waals surface area contributed by atoms with E-state index < -0.39 is 28.7 Å². The van der Waals surface area contributed by atoms with E-state index in [0.29, 0.717) is 72.0 Å². The van der Waals surface area contributed by atoms with E-state index in [2.05, 4.69) is 65.4 Å². The Hall–Kier alpha value is -4.86. The molecule has 3 saturated carbocycles. The van der Waals surface area contributed by atoms with Gasteiger partial charge in [-0.25, -0.2) is 0 Å². The van der Waals surface area contributed by atoms with Gasteiger partial charge in [-0.2, -0.15) is 0 Å². The minimum Gasteiger partial charge on any atom is -0.508 e. The number of H-pyrrole nitrogens is 1. The lowest BCUT2D eigenvalue weighted by Crippen LogP contribution is -2.45. The third-order valence-corrected chi connectivity index (χ3v) is 27.2. The zero-order valence-corrected chi connectivity index (χ0v) is 52.8. The average Bonchev–Trinajstić information content (AvgIpc) is 1.76. The number of phenolic OH excluding ortho intramolecular Hbond substituents is 2. The maximum Gasteiger partial charge on any atom is 0.165 e. The van der Waals surface area contributed by atoms with Crippen molar-refractivity contribution < 1.29 is 39.9 Å². The van der Waals surface area contributed by atoms with Crippen molar-refractivity contribution in [2.45, 2.75) is 149 Å². The van der Waals surface area contributed by atoms with E-state index in [1.54, 1.807) is 56.8 Å². The molecule has 458 valence electrons. The Balaban J connectivity index is 0.899. The Morgan fingerprint density at radius 3 is 2.44 bits per heavy atom. The maximum atomic E-state index is 14.5. The number of rotatable bonds is 3. The highest BCUT2D eigenvalue weighted by molar-refractivity contribution is 8.77. The Morgan fingerprint density at radius 2 is 1.60 bits per heavy atom. The Kier molecular flexibility index (Phi) is 18.1. The first-order chi connectivity index (χ1) is 42.2. The number of hydrogen-bond acceptors (Lipinski definition) is 14. The summed E-state index contributed by atoms with van der Waals surface area (Å²) < 4.78 is 6.30. The molecule has 8 aliphatic rings. The van der Waals surface area contributed by atoms with Gasteiger partial charge in [0.25, 0.3) is 0 Å². The molecule has 3 fully saturated rings. The predicted octanol–water partition coefficient (Wildman–Crippen LogP) is 13.0. The van der Waals surface area contributed by atoms with Crippen LogP contribution < -0.4 is 16.2 Å². The molecular weight excluding hydrogens is 1160 g/mol. The number of benzene rings is 4. The Labute approximate surface area is 528 Å². The van der Waals surface area contributed by atoms with E-state index in [1.807, 2.05) is 47.2 Å². The fraction of sp³-hybridized carbons (Fsp3) is 0.500. The summed E-state index contributed by atoms with van der Waals surface area (Å²) in [4.78, 5) is 32.3. The van der Waals surface area contributed by atoms with Crippen molar-refractivity contribution in [3.05, 3.63) is 171 Å². The number of hydrogen-bond donors (Lipinski definition) is 8. The van der Waals surface area contributed by atoms with E-state index in [-0.39, 0.29) is 95.8 Å². The molecule has 2 aliphatic heterocycles. The largest absolute Gasteiger partial charge is 0.508 e. The molecule has 4 aromatic carbocycles. The van der Waals surface area contributed by atoms with Crippen LogP contribution in [0.4, 0.5) is 0 Å². The van der Waals surface area contributed by atoms with Crippen LogP contribution in [0.3, 0.4) is 0 Å². The summed E-state index contributed by atoms with van der Waals surface area (Å²) in [5, 5.41) is 61.4. The summed E-state index contributed by atoms with van der Waals surface area (Å²) in [7, 11) is 7.07. The number of phenols is 2. The molecule has 6 aliphatic carbocycles. The zero-order chi connectivity index (χ0) is 60.0. The molecule has 87 heavy (non-hydrogen) atoms. The van der Waals surface area contributed by atoms with Crippen LogP contribution in [0.25, 0.3) is 0 Å². The topological polar surface area (TPSA) is 212 Å². The molecule has 12 unspecified atom stereocenters. The van der Waals surface area contributed by atoms with Gasteiger partial charge in [0.1, 0.15) is 5.75 Å². The highest BCUT2D eigenvalue weighted by Crippen LogP contribution is 2.64. The predicted molar refractivity (Wildman–Crippen MR) is 352 cm³/mol. The fourth-order valence-electron chi connectivity index (χ4n) is 17.4. The number of carbonyl (C=O) groups is 2. The molecule has 12 atom stereocenters. The van der Waals surface area contributed by atoms with E-state index in [9.17, 15) is 35.1 Å². The van der Waals surface area contributed by atoms with E-state index in [1.165, 1.54) is 11.1 Å². The first kappa shape index (κ1) is 61.0. The summed E-state index contributed by atoms with van der Waals surface area (Å²) in [5.74, 6) is 9.45. The van der Waals surface area contributed by atoms with E-state index >= 15 is 0 Å². The Bertz CT molecular complexity index is 3510. The number of aromatic nitrogens is 1. The molecule has 5 aromatic rings. The number of carbonyl (C=O) groups excluding carboxylic acids is 2. The molecule has 15 bridgehead atoms. The molecule has 11 nitrogen and oxygen atoms in total. The molecule has 13 rings (SSSR count). The van der Waals surface area contributed by atoms with Crippen molar-refractivity contribution in [2.75, 3.05) is 24.7 Å². The van der Waals surface area contributed by atoms with Gasteiger partial charge in [0.2, 0.25) is 0 Å². The van der Waals surface area contributed by atoms with Gasteiger partial charge in [0.05, 0.1) is 42.3 Å². The molecule has 0 amide bonds. The normalized spacial score (nSPS) is 32.2. The fourth-order valence-corrected chi connectivity index (χ4v) is 23.2. The minimum atomic E-state index is -1.15. The summed E-state index contributed by atoms with van der Waals surface area (Å²) >= 11 is 0. The molecule has 3 heterocycles. The lowest BCUT2D eigenvalue weighted by atomic mass is 9.59. The number of aromatic amines is 1. The van der Waals surface area contributed by atoms with Gasteiger partial charge in [0, 0.05) is 76.9 Å². The third-order valence-electron chi connectivity index (χ3n) is 21.9. The van der Waals surface area contributed by atoms with Gasteiger partial charge in [-0.05, 0) is 186 Å². The highest BCUT2D eigenvalue weighted by Gasteiger charge is 2.61. The van der Waals surface area contributed by atoms with Crippen molar-refractivity contribution in [1.29, 1.82) is 0 Å². The number of aliphatic hydroxyl groups excluding tert-OH is 1. The quantitative estimate of drug-likeness (QED) is 0.0366. The van der Waals surface area contributed by atoms with Crippen LogP contribution in [-0.2, 0) is 36.2 Å². The number of aliphatic hydroxyl groups is 3. The number of aromatic hydroxyl groups is 2. The second-order valence-corrected chi connectivity index (χ2v) is 31.8. The number of fused-ring (bicyclic) bond motifs is 14. The lowest BCUT2D eigenvalue weighted by Gasteiger charge is -2.48. The van der Waals surface area contributed by atoms with Gasteiger partial charge in [0.15, 0.2) is 23.1 Å². The van der Waals surface area contributed by atoms with Crippen molar-refractivity contribution >= 4 is 54.7 Å². The summed E-state index contributed by atoms with van der Waals surface area (Å²) in [6.07, 6.45) is 22.0. The van der Waals surface area contributed by atoms with Crippen molar-refractivity contribution in [3.63, 3.8) is 0 Å². The molecule has 15 heteroatoms. The van der Waals surface area contributed by atoms with Gasteiger partial charge >= 0.3 is 0 Å². The minimum absolute atomic E-state index is 0.00260. The number of allylic oxidation sites excluding steroid dienone is 3. The maximum absolute atomic E-state index is 14.5. The molecule has 0 saturated heterocycles. The van der Waals surface area contributed by atoms with Gasteiger partial charge in [-0.1, -0.05) is 141 Å². The molecule has 1 spiro atoms. The van der Waals surface area contributed by atoms with Crippen LogP contribution in [0.5, 0.6) is 17.2 Å². The molecular formula is C72H83N3O8S4. The average molecular weight is 1250 g/mol. The SMILES string of the molecule is NC(N)c1cc2c3cc1CSSCC1CC4(C=CC(=O)CCc5ccc(O)c(c5)OCCc5ccc(O)c(c5)C3CC(=O)c3cc[nH]c3CC#C2)CC1(O)C1C=CC4CC2CC(O)(C3CCCC3)CCCC3C2Cc2ccccc2C(CO)C3CSS1. The monoisotopic (exact) mass is 1250 g/mol. The second-order valence-electron chi connectivity index (χ2n) is 26.8. The number of aryl methyl sites for hydroxylation is 1. The smallest absolute Gasteiger partial charge is 0.165 e. The Morgan fingerprint density at radius 1 is 0.770 bits per heavy atom. The number of nitrogens with one attached hydrogen (secondary N) is 1. The first-order valence-electron chi connectivity index (χ1n) is 31.9. The van der Waals surface area contributed by atoms with Crippen molar-refractivity contribution in [1.82, 2.24) is 4.98 Å². The molecule has 1 aromatic heterocycles. The van der Waals surface area contributed by atoms with E-state index in [0.717, 1.165) is 103 Å². The molecule has 10 N–H and O–H groups in total. The van der Waals surface area contributed by atoms with Crippen LogP contribution in [0.2, 0.25) is 0 Å². The third kappa shape index (κ3) is 12.3. The van der Waals surface area contributed by atoms with E-state index in [4.69, 9.17) is 16.2 Å². The van der Waals surface area contributed by atoms with Gasteiger partial charge in [-0.3, -0.25) is 9.59 Å². The standard InChI is InChI=1S/C72H83N3O8S4/c73-69(74)58-33-46-8-5-13-63-55(23-27-75-63)66(80)35-59-56(46)34-48(58)39-84-85-40-51-37-70(26-22-52(77)18-14-43-16-20-65(79)67(30-43)83-28-24-44-15-19-64(78)60(59)29-44)42-72(51,82)68-21-17-50(70)31-47-36-71(81,49-9-2-3-10-49)25-6-12-54-57(47)32-45-7-1-4-11-53(45)61(38-76)62(54)41-86-87-68/h1,4,7,11,15-17,19-23,26-27,29-30,33-34,47,49-51,54,57,59,61-62,68-69,75-76,78-79,81-82H,2-3,6,9-10,12-14,18,24-25,28,31-32,35-42,73-74H2. The first-order valence-corrected chi connectivity index (χ1v) is 36.8. The zero-order valence-electron chi connectivity index (χ0n) is 49.5. The lowest BCUT2D eigenvalue weighted by molar-refractivity contribution is -0.114. The van der Waals surface area contributed by atoms with Crippen LogP contribution in [0.1, 0.15) is 168 Å². The van der Waals surface area contributed by atoms with Crippen LogP contribution in [-0.4, -0.2) is 83.3 Å². The van der Waals surface area contributed by atoms with Crippen LogP contribution >= 0.6 is 43.2 Å². The number of Topliss-reactive ketones (excluding diaryl/α,β-unsaturated/α-hetero) is 1. The van der Waals surface area contributed by atoms with Gasteiger partial charge in [-0.15, -0.1) is 0 Å². The summed E-state index contributed by atoms with van der Waals surface area (Å²) in [5.41, 5.74) is 20.2. The number of nitrogens with two attached hydrogens (primary N) is 2. The number of ether oxygens (including phenoxy) is 1. The summed E-state index contributed by atoms with van der Waals surface area (Å²) in [6.45, 7) is 0.286. The highest BCUT2D eigenvalue weighted by atomic mass is 33.1. The number of ketones is 2. The summed E-state index contributed by atoms with van der Waals surface area (Å²) in [6, 6.07) is 25.4. The van der Waals surface area contributed by atoms with Gasteiger partial charge < -0.3 is 46.7 Å². The molecule has 0 radical (unpaired) electrons.